The summed E-state index contributed by atoms with van der Waals surface area (Å²) in [6.45, 7) is 0.330. The maximum Gasteiger partial charge on any atom is 0.326 e. The van der Waals surface area contributed by atoms with Crippen LogP contribution in [0.1, 0.15) is 44.9 Å². The number of unbranched alkanes of at least 4 members (excludes halogenated alkanes) is 1. The minimum absolute atomic E-state index is 0.0467. The van der Waals surface area contributed by atoms with Crippen molar-refractivity contribution >= 4 is 47.3 Å². The maximum atomic E-state index is 12.9. The number of nitrogens with one attached hydrogen (secondary N) is 3. The van der Waals surface area contributed by atoms with Crippen LogP contribution >= 0.6 is 11.8 Å². The molecule has 0 aliphatic carbocycles. The second-order valence-corrected chi connectivity index (χ2v) is 8.78. The molecule has 0 rings (SSSR count). The highest BCUT2D eigenvalue weighted by molar-refractivity contribution is 7.98. The second-order valence-electron chi connectivity index (χ2n) is 7.80. The van der Waals surface area contributed by atoms with Gasteiger partial charge in [0.1, 0.15) is 18.1 Å². The van der Waals surface area contributed by atoms with Gasteiger partial charge in [-0.1, -0.05) is 0 Å². The van der Waals surface area contributed by atoms with Gasteiger partial charge in [0.2, 0.25) is 23.6 Å². The molecule has 0 aliphatic rings. The first-order valence-corrected chi connectivity index (χ1v) is 12.4. The number of aliphatic carboxylic acids is 2. The van der Waals surface area contributed by atoms with E-state index in [2.05, 4.69) is 16.0 Å². The highest BCUT2D eigenvalue weighted by Crippen LogP contribution is 2.06. The third-order valence-electron chi connectivity index (χ3n) is 4.86. The van der Waals surface area contributed by atoms with Crippen molar-refractivity contribution in [3.05, 3.63) is 0 Å². The number of amides is 4. The first-order valence-electron chi connectivity index (χ1n) is 11.0. The zero-order valence-electron chi connectivity index (χ0n) is 19.7. The van der Waals surface area contributed by atoms with Crippen LogP contribution in [0.4, 0.5) is 0 Å². The van der Waals surface area contributed by atoms with Gasteiger partial charge in [-0.3, -0.25) is 24.0 Å². The van der Waals surface area contributed by atoms with Gasteiger partial charge in [0, 0.05) is 6.42 Å². The SMILES string of the molecule is CSCCC(NC(=O)C(CC(=O)O)NC(=O)C(CCCCN)NC(=O)C(N)CCC(N)=O)C(=O)O. The van der Waals surface area contributed by atoms with Crippen LogP contribution in [0.2, 0.25) is 0 Å². The summed E-state index contributed by atoms with van der Waals surface area (Å²) < 4.78 is 0. The van der Waals surface area contributed by atoms with Crippen molar-refractivity contribution in [2.24, 2.45) is 17.2 Å². The number of carbonyl (C=O) groups excluding carboxylic acids is 4. The van der Waals surface area contributed by atoms with E-state index in [-0.39, 0.29) is 25.7 Å². The number of carboxylic acids is 2. The average Bonchev–Trinajstić information content (AvgIpc) is 2.78. The molecule has 0 saturated carbocycles. The average molecular weight is 521 g/mol. The van der Waals surface area contributed by atoms with Gasteiger partial charge in [-0.2, -0.15) is 11.8 Å². The normalized spacial score (nSPS) is 14.1. The van der Waals surface area contributed by atoms with Gasteiger partial charge < -0.3 is 43.4 Å². The lowest BCUT2D eigenvalue weighted by atomic mass is 10.1. The summed E-state index contributed by atoms with van der Waals surface area (Å²) in [6.07, 6.45) is 1.93. The Hall–Kier alpha value is -2.91. The largest absolute Gasteiger partial charge is 0.481 e. The molecule has 15 heteroatoms. The van der Waals surface area contributed by atoms with Gasteiger partial charge in [-0.15, -0.1) is 0 Å². The van der Waals surface area contributed by atoms with Crippen molar-refractivity contribution in [1.82, 2.24) is 16.0 Å². The number of hydrogen-bond donors (Lipinski definition) is 8. The van der Waals surface area contributed by atoms with Crippen LogP contribution in [0.5, 0.6) is 0 Å². The van der Waals surface area contributed by atoms with Crippen molar-refractivity contribution in [3.8, 4) is 0 Å². The molecule has 4 amide bonds. The molecule has 0 aromatic rings. The van der Waals surface area contributed by atoms with Gasteiger partial charge in [-0.05, 0) is 50.7 Å². The summed E-state index contributed by atoms with van der Waals surface area (Å²) >= 11 is 1.37. The highest BCUT2D eigenvalue weighted by Gasteiger charge is 2.31. The van der Waals surface area contributed by atoms with Crippen LogP contribution < -0.4 is 33.2 Å². The van der Waals surface area contributed by atoms with Crippen molar-refractivity contribution in [2.45, 2.75) is 69.1 Å². The molecule has 0 saturated heterocycles. The monoisotopic (exact) mass is 520 g/mol. The Balaban J connectivity index is 5.47. The predicted octanol–water partition coefficient (Wildman–Crippen LogP) is -2.52. The van der Waals surface area contributed by atoms with E-state index >= 15 is 0 Å². The maximum absolute atomic E-state index is 12.9. The lowest BCUT2D eigenvalue weighted by Gasteiger charge is -2.24. The minimum Gasteiger partial charge on any atom is -0.481 e. The Bertz CT molecular complexity index is 753. The summed E-state index contributed by atoms with van der Waals surface area (Å²) in [4.78, 5) is 71.5. The summed E-state index contributed by atoms with van der Waals surface area (Å²) in [5.74, 6) is -5.50. The van der Waals surface area contributed by atoms with Crippen LogP contribution in [-0.4, -0.2) is 88.5 Å². The van der Waals surface area contributed by atoms with Crippen LogP contribution in [-0.2, 0) is 28.8 Å². The predicted molar refractivity (Wildman–Crippen MR) is 128 cm³/mol. The molecule has 0 bridgehead atoms. The van der Waals surface area contributed by atoms with Gasteiger partial charge in [0.15, 0.2) is 0 Å². The van der Waals surface area contributed by atoms with Crippen molar-refractivity contribution in [3.63, 3.8) is 0 Å². The fourth-order valence-corrected chi connectivity index (χ4v) is 3.36. The Kier molecular flexibility index (Phi) is 16.1. The smallest absolute Gasteiger partial charge is 0.326 e. The Morgan fingerprint density at radius 3 is 1.91 bits per heavy atom. The van der Waals surface area contributed by atoms with E-state index in [1.807, 2.05) is 0 Å². The van der Waals surface area contributed by atoms with Crippen molar-refractivity contribution < 1.29 is 39.0 Å². The fourth-order valence-electron chi connectivity index (χ4n) is 2.89. The zero-order chi connectivity index (χ0) is 27.0. The standard InChI is InChI=1S/C20H36N6O8S/c1-35-9-7-13(20(33)34)25-19(32)14(10-16(28)29)26-18(31)12(4-2-3-8-21)24-17(30)11(22)5-6-15(23)27/h11-14H,2-10,21-22H2,1H3,(H2,23,27)(H,24,30)(H,25,32)(H,26,31)(H,28,29)(H,33,34). The quantitative estimate of drug-likeness (QED) is 0.0824. The number of hydrogen-bond acceptors (Lipinski definition) is 9. The molecule has 14 nitrogen and oxygen atoms in total. The molecule has 0 fully saturated rings. The topological polar surface area (TPSA) is 257 Å². The molecule has 0 aromatic heterocycles. The molecule has 4 atom stereocenters. The minimum atomic E-state index is -1.59. The van der Waals surface area contributed by atoms with E-state index in [1.165, 1.54) is 11.8 Å². The lowest BCUT2D eigenvalue weighted by Crippen LogP contribution is -2.57. The molecule has 200 valence electrons. The van der Waals surface area contributed by atoms with Crippen molar-refractivity contribution in [2.75, 3.05) is 18.6 Å². The van der Waals surface area contributed by atoms with E-state index in [0.29, 0.717) is 25.1 Å². The molecule has 4 unspecified atom stereocenters. The van der Waals surface area contributed by atoms with E-state index in [1.54, 1.807) is 6.26 Å². The first kappa shape index (κ1) is 32.1. The van der Waals surface area contributed by atoms with E-state index in [9.17, 15) is 39.0 Å². The third-order valence-corrected chi connectivity index (χ3v) is 5.50. The molecular formula is C20H36N6O8S. The molecule has 0 radical (unpaired) electrons. The molecule has 0 aromatic carbocycles. The van der Waals surface area contributed by atoms with Crippen LogP contribution in [0.15, 0.2) is 0 Å². The third kappa shape index (κ3) is 14.2. The molecule has 0 spiro atoms. The number of carbonyl (C=O) groups is 6. The van der Waals surface area contributed by atoms with E-state index in [0.717, 1.165) is 0 Å². The van der Waals surface area contributed by atoms with Gasteiger partial charge in [0.25, 0.3) is 0 Å². The van der Waals surface area contributed by atoms with Crippen LogP contribution in [0.25, 0.3) is 0 Å². The Labute approximate surface area is 207 Å². The van der Waals surface area contributed by atoms with E-state index in [4.69, 9.17) is 17.2 Å². The number of primary amides is 1. The van der Waals surface area contributed by atoms with Crippen LogP contribution in [0.3, 0.4) is 0 Å². The van der Waals surface area contributed by atoms with Crippen LogP contribution in [0, 0.1) is 0 Å². The Morgan fingerprint density at radius 1 is 0.829 bits per heavy atom. The molecule has 11 N–H and O–H groups in total. The van der Waals surface area contributed by atoms with Gasteiger partial charge in [-0.25, -0.2) is 4.79 Å². The Morgan fingerprint density at radius 2 is 1.40 bits per heavy atom. The molecule has 0 heterocycles. The summed E-state index contributed by atoms with van der Waals surface area (Å²) in [5.41, 5.74) is 16.3. The molecule has 0 aliphatic heterocycles. The highest BCUT2D eigenvalue weighted by atomic mass is 32.2. The van der Waals surface area contributed by atoms with Crippen molar-refractivity contribution in [1.29, 1.82) is 0 Å². The van der Waals surface area contributed by atoms with Gasteiger partial charge >= 0.3 is 11.9 Å². The summed E-state index contributed by atoms with van der Waals surface area (Å²) in [5, 5.41) is 25.4. The number of thioether (sulfide) groups is 1. The fraction of sp³-hybridized carbons (Fsp3) is 0.700. The molecular weight excluding hydrogens is 484 g/mol. The second kappa shape index (κ2) is 17.5. The lowest BCUT2D eigenvalue weighted by molar-refractivity contribution is -0.143. The van der Waals surface area contributed by atoms with E-state index < -0.39 is 66.2 Å². The molecule has 35 heavy (non-hydrogen) atoms. The summed E-state index contributed by atoms with van der Waals surface area (Å²) in [6, 6.07) is -5.16. The number of rotatable bonds is 19. The zero-order valence-corrected chi connectivity index (χ0v) is 20.5. The van der Waals surface area contributed by atoms with Gasteiger partial charge in [0.05, 0.1) is 12.5 Å². The number of nitrogens with two attached hydrogens (primary N) is 3. The number of carboxylic acid groups (broad SMARTS) is 2. The first-order chi connectivity index (χ1) is 16.4. The summed E-state index contributed by atoms with van der Waals surface area (Å²) in [7, 11) is 0.